The molecule has 0 fully saturated rings. The van der Waals surface area contributed by atoms with Crippen LogP contribution in [0.5, 0.6) is 0 Å². The Morgan fingerprint density at radius 2 is 2.14 bits per heavy atom. The first kappa shape index (κ1) is 17.2. The number of anilines is 2. The van der Waals surface area contributed by atoms with Crippen LogP contribution in [-0.2, 0) is 4.74 Å². The molecule has 0 saturated carbocycles. The van der Waals surface area contributed by atoms with Gasteiger partial charge in [-0.25, -0.2) is 0 Å². The molecule has 0 aliphatic carbocycles. The van der Waals surface area contributed by atoms with Crippen LogP contribution in [0.3, 0.4) is 0 Å². The minimum absolute atomic E-state index is 0.135. The summed E-state index contributed by atoms with van der Waals surface area (Å²) < 4.78 is 5.11. The van der Waals surface area contributed by atoms with Crippen molar-refractivity contribution in [3.8, 4) is 0 Å². The number of nitro benzene ring substituents is 1. The fourth-order valence-electron chi connectivity index (χ4n) is 2.20. The second-order valence-corrected chi connectivity index (χ2v) is 5.14. The summed E-state index contributed by atoms with van der Waals surface area (Å²) in [7, 11) is 1.63. The van der Waals surface area contributed by atoms with E-state index in [0.29, 0.717) is 31.1 Å². The van der Waals surface area contributed by atoms with E-state index in [0.717, 1.165) is 6.42 Å². The molecule has 0 aliphatic rings. The summed E-state index contributed by atoms with van der Waals surface area (Å²) >= 11 is 0. The van der Waals surface area contributed by atoms with Crippen LogP contribution in [0.15, 0.2) is 18.2 Å². The van der Waals surface area contributed by atoms with Gasteiger partial charge >= 0.3 is 5.69 Å². The number of benzene rings is 1. The highest BCUT2D eigenvalue weighted by atomic mass is 16.6. The van der Waals surface area contributed by atoms with Gasteiger partial charge in [-0.3, -0.25) is 10.1 Å². The van der Waals surface area contributed by atoms with E-state index in [1.54, 1.807) is 19.2 Å². The van der Waals surface area contributed by atoms with Gasteiger partial charge in [-0.05, 0) is 32.4 Å². The number of hydrogen-bond donors (Lipinski definition) is 1. The molecule has 0 amide bonds. The van der Waals surface area contributed by atoms with Crippen molar-refractivity contribution in [2.75, 3.05) is 37.0 Å². The van der Waals surface area contributed by atoms with Gasteiger partial charge in [0.15, 0.2) is 0 Å². The Morgan fingerprint density at radius 3 is 2.67 bits per heavy atom. The summed E-state index contributed by atoms with van der Waals surface area (Å²) in [5.41, 5.74) is 1.34. The molecule has 1 aromatic rings. The summed E-state index contributed by atoms with van der Waals surface area (Å²) in [4.78, 5) is 13.2. The second-order valence-electron chi connectivity index (χ2n) is 5.14. The molecule has 0 unspecified atom stereocenters. The van der Waals surface area contributed by atoms with E-state index in [1.807, 2.05) is 31.7 Å². The SMILES string of the molecule is CCCNc1cccc(N(CCOC)C(C)C)c1[N+](=O)[O-]. The third kappa shape index (κ3) is 4.60. The Kier molecular flexibility index (Phi) is 6.94. The molecule has 6 heteroatoms. The topological polar surface area (TPSA) is 67.6 Å². The van der Waals surface area contributed by atoms with Crippen molar-refractivity contribution in [3.05, 3.63) is 28.3 Å². The highest BCUT2D eigenvalue weighted by Crippen LogP contribution is 2.36. The van der Waals surface area contributed by atoms with Gasteiger partial charge < -0.3 is 15.0 Å². The van der Waals surface area contributed by atoms with Crippen LogP contribution in [0.2, 0.25) is 0 Å². The Morgan fingerprint density at radius 1 is 1.43 bits per heavy atom. The van der Waals surface area contributed by atoms with Gasteiger partial charge in [0.2, 0.25) is 0 Å². The van der Waals surface area contributed by atoms with Crippen LogP contribution >= 0.6 is 0 Å². The molecule has 0 saturated heterocycles. The van der Waals surface area contributed by atoms with E-state index in [-0.39, 0.29) is 16.7 Å². The maximum absolute atomic E-state index is 11.5. The summed E-state index contributed by atoms with van der Waals surface area (Å²) in [5, 5.41) is 14.6. The number of nitro groups is 1. The highest BCUT2D eigenvalue weighted by molar-refractivity contribution is 5.77. The fraction of sp³-hybridized carbons (Fsp3) is 0.600. The molecule has 0 heterocycles. The van der Waals surface area contributed by atoms with Gasteiger partial charge in [-0.15, -0.1) is 0 Å². The second kappa shape index (κ2) is 8.46. The highest BCUT2D eigenvalue weighted by Gasteiger charge is 2.24. The summed E-state index contributed by atoms with van der Waals surface area (Å²) in [6, 6.07) is 5.56. The molecule has 1 N–H and O–H groups in total. The van der Waals surface area contributed by atoms with Gasteiger partial charge in [0.05, 0.1) is 11.5 Å². The Bertz CT molecular complexity index is 463. The fourth-order valence-corrected chi connectivity index (χ4v) is 2.20. The lowest BCUT2D eigenvalue weighted by Crippen LogP contribution is -2.34. The van der Waals surface area contributed by atoms with Crippen molar-refractivity contribution in [2.45, 2.75) is 33.2 Å². The van der Waals surface area contributed by atoms with Crippen molar-refractivity contribution in [1.29, 1.82) is 0 Å². The number of rotatable bonds is 9. The van der Waals surface area contributed by atoms with E-state index >= 15 is 0 Å². The van der Waals surface area contributed by atoms with Crippen LogP contribution in [0, 0.1) is 10.1 Å². The largest absolute Gasteiger partial charge is 0.383 e. The van der Waals surface area contributed by atoms with Crippen LogP contribution in [0.25, 0.3) is 0 Å². The lowest BCUT2D eigenvalue weighted by Gasteiger charge is -2.28. The lowest BCUT2D eigenvalue weighted by atomic mass is 10.1. The number of methoxy groups -OCH3 is 1. The van der Waals surface area contributed by atoms with Crippen molar-refractivity contribution in [3.63, 3.8) is 0 Å². The van der Waals surface area contributed by atoms with E-state index < -0.39 is 0 Å². The summed E-state index contributed by atoms with van der Waals surface area (Å²) in [6.07, 6.45) is 0.916. The third-order valence-electron chi connectivity index (χ3n) is 3.23. The molecule has 0 radical (unpaired) electrons. The van der Waals surface area contributed by atoms with Gasteiger partial charge in [0, 0.05) is 26.2 Å². The molecule has 0 spiro atoms. The molecule has 0 aromatic heterocycles. The Balaban J connectivity index is 3.21. The number of hydrogen-bond acceptors (Lipinski definition) is 5. The molecule has 0 aliphatic heterocycles. The quantitative estimate of drug-likeness (QED) is 0.559. The third-order valence-corrected chi connectivity index (χ3v) is 3.23. The number of ether oxygens (including phenoxy) is 1. The Hall–Kier alpha value is -1.82. The summed E-state index contributed by atoms with van der Waals surface area (Å²) in [6.45, 7) is 7.93. The molecular weight excluding hydrogens is 270 g/mol. The van der Waals surface area contributed by atoms with E-state index in [4.69, 9.17) is 4.74 Å². The van der Waals surface area contributed by atoms with E-state index in [9.17, 15) is 10.1 Å². The number of para-hydroxylation sites is 1. The monoisotopic (exact) mass is 295 g/mol. The van der Waals surface area contributed by atoms with Gasteiger partial charge in [-0.2, -0.15) is 0 Å². The lowest BCUT2D eigenvalue weighted by molar-refractivity contribution is -0.383. The molecule has 118 valence electrons. The molecular formula is C15H25N3O3. The molecule has 21 heavy (non-hydrogen) atoms. The van der Waals surface area contributed by atoms with Gasteiger partial charge in [0.1, 0.15) is 11.4 Å². The molecule has 0 atom stereocenters. The summed E-state index contributed by atoms with van der Waals surface area (Å²) in [5.74, 6) is 0. The first-order chi connectivity index (χ1) is 10.0. The number of nitrogens with one attached hydrogen (secondary N) is 1. The maximum Gasteiger partial charge on any atom is 0.315 e. The Labute approximate surface area is 126 Å². The minimum Gasteiger partial charge on any atom is -0.383 e. The van der Waals surface area contributed by atoms with E-state index in [2.05, 4.69) is 5.32 Å². The molecule has 0 bridgehead atoms. The zero-order valence-corrected chi connectivity index (χ0v) is 13.3. The van der Waals surface area contributed by atoms with Crippen molar-refractivity contribution in [2.24, 2.45) is 0 Å². The average Bonchev–Trinajstić information content (AvgIpc) is 2.44. The first-order valence-corrected chi connectivity index (χ1v) is 7.29. The van der Waals surface area contributed by atoms with Crippen LogP contribution < -0.4 is 10.2 Å². The predicted molar refractivity (Wildman–Crippen MR) is 86.2 cm³/mol. The zero-order valence-electron chi connectivity index (χ0n) is 13.3. The number of nitrogens with zero attached hydrogens (tertiary/aromatic N) is 2. The smallest absolute Gasteiger partial charge is 0.315 e. The zero-order chi connectivity index (χ0) is 15.8. The maximum atomic E-state index is 11.5. The van der Waals surface area contributed by atoms with Crippen molar-refractivity contribution in [1.82, 2.24) is 0 Å². The first-order valence-electron chi connectivity index (χ1n) is 7.29. The minimum atomic E-state index is -0.310. The van der Waals surface area contributed by atoms with Crippen LogP contribution in [0.1, 0.15) is 27.2 Å². The van der Waals surface area contributed by atoms with Crippen molar-refractivity contribution >= 4 is 17.1 Å². The van der Waals surface area contributed by atoms with E-state index in [1.165, 1.54) is 0 Å². The van der Waals surface area contributed by atoms with Gasteiger partial charge in [0.25, 0.3) is 0 Å². The van der Waals surface area contributed by atoms with Crippen LogP contribution in [-0.4, -0.2) is 37.8 Å². The average molecular weight is 295 g/mol. The molecule has 6 nitrogen and oxygen atoms in total. The van der Waals surface area contributed by atoms with Crippen molar-refractivity contribution < 1.29 is 9.66 Å². The standard InChI is InChI=1S/C15H25N3O3/c1-5-9-16-13-7-6-8-14(15(13)18(19)20)17(12(2)3)10-11-21-4/h6-8,12,16H,5,9-11H2,1-4H3. The molecule has 1 rings (SSSR count). The normalized spacial score (nSPS) is 10.7. The predicted octanol–water partition coefficient (Wildman–Crippen LogP) is 3.28. The molecule has 1 aromatic carbocycles. The van der Waals surface area contributed by atoms with Crippen LogP contribution in [0.4, 0.5) is 17.1 Å². The van der Waals surface area contributed by atoms with Gasteiger partial charge in [-0.1, -0.05) is 13.0 Å².